The highest BCUT2D eigenvalue weighted by molar-refractivity contribution is 7.89. The Morgan fingerprint density at radius 2 is 2.14 bits per heavy atom. The van der Waals surface area contributed by atoms with Gasteiger partial charge in [-0.15, -0.1) is 0 Å². The van der Waals surface area contributed by atoms with E-state index in [2.05, 4.69) is 0 Å². The third-order valence-corrected chi connectivity index (χ3v) is 6.73. The molecule has 2 atom stereocenters. The molecule has 2 aliphatic rings. The van der Waals surface area contributed by atoms with E-state index in [0.717, 1.165) is 24.8 Å². The number of benzene rings is 1. The van der Waals surface area contributed by atoms with Crippen LogP contribution in [0, 0.1) is 6.92 Å². The first-order chi connectivity index (χ1) is 9.91. The number of sulfonamides is 1. The molecule has 1 aromatic carbocycles. The minimum Gasteiger partial charge on any atom is -0.398 e. The van der Waals surface area contributed by atoms with Crippen molar-refractivity contribution < 1.29 is 13.2 Å². The zero-order valence-corrected chi connectivity index (χ0v) is 13.5. The lowest BCUT2D eigenvalue weighted by molar-refractivity contribution is -0.0241. The molecule has 5 nitrogen and oxygen atoms in total. The Labute approximate surface area is 130 Å². The number of nitrogen functional groups attached to an aromatic ring is 1. The van der Waals surface area contributed by atoms with Crippen molar-refractivity contribution in [2.75, 3.05) is 18.9 Å². The smallest absolute Gasteiger partial charge is 0.245 e. The number of rotatable bonds is 2. The van der Waals surface area contributed by atoms with Crippen LogP contribution < -0.4 is 5.73 Å². The van der Waals surface area contributed by atoms with Gasteiger partial charge in [0.15, 0.2) is 0 Å². The quantitative estimate of drug-likeness (QED) is 0.843. The minimum absolute atomic E-state index is 0.00935. The molecule has 21 heavy (non-hydrogen) atoms. The molecule has 0 spiro atoms. The number of aryl methyl sites for hydroxylation is 1. The summed E-state index contributed by atoms with van der Waals surface area (Å²) in [4.78, 5) is 0.0971. The highest BCUT2D eigenvalue weighted by Crippen LogP contribution is 2.36. The van der Waals surface area contributed by atoms with E-state index in [9.17, 15) is 8.42 Å². The highest BCUT2D eigenvalue weighted by atomic mass is 35.5. The molecule has 0 bridgehead atoms. The van der Waals surface area contributed by atoms with Crippen LogP contribution in [-0.4, -0.2) is 38.0 Å². The molecule has 7 heteroatoms. The normalized spacial score (nSPS) is 26.8. The molecule has 0 aromatic heterocycles. The highest BCUT2D eigenvalue weighted by Gasteiger charge is 2.42. The van der Waals surface area contributed by atoms with Gasteiger partial charge in [0.1, 0.15) is 4.90 Å². The van der Waals surface area contributed by atoms with Crippen LogP contribution >= 0.6 is 11.6 Å². The van der Waals surface area contributed by atoms with Crippen LogP contribution in [0.1, 0.15) is 24.8 Å². The van der Waals surface area contributed by atoms with Crippen LogP contribution in [0.4, 0.5) is 5.69 Å². The second-order valence-electron chi connectivity index (χ2n) is 5.66. The molecule has 1 aromatic rings. The molecular weight excluding hydrogens is 312 g/mol. The standard InChI is InChI=1S/C14H19ClN2O3S/c1-9-7-10(15)14(8-11(9)16)21(18,19)17-5-6-20-13-4-2-3-12(13)17/h7-8,12-13H,2-6,16H2,1H3. The average molecular weight is 331 g/mol. The maximum atomic E-state index is 12.9. The maximum absolute atomic E-state index is 12.9. The Morgan fingerprint density at radius 3 is 2.90 bits per heavy atom. The van der Waals surface area contributed by atoms with Crippen LogP contribution in [0.2, 0.25) is 5.02 Å². The summed E-state index contributed by atoms with van der Waals surface area (Å²) in [6, 6.07) is 2.99. The van der Waals surface area contributed by atoms with Crippen molar-refractivity contribution in [2.45, 2.75) is 43.2 Å². The zero-order chi connectivity index (χ0) is 15.2. The number of nitrogens with zero attached hydrogens (tertiary/aromatic N) is 1. The number of nitrogens with two attached hydrogens (primary N) is 1. The van der Waals surface area contributed by atoms with Gasteiger partial charge < -0.3 is 10.5 Å². The summed E-state index contributed by atoms with van der Waals surface area (Å²) in [5, 5.41) is 0.225. The van der Waals surface area contributed by atoms with Gasteiger partial charge in [-0.2, -0.15) is 4.31 Å². The van der Waals surface area contributed by atoms with Gasteiger partial charge in [0.25, 0.3) is 0 Å². The Morgan fingerprint density at radius 1 is 1.38 bits per heavy atom. The van der Waals surface area contributed by atoms with Crippen molar-refractivity contribution in [2.24, 2.45) is 0 Å². The van der Waals surface area contributed by atoms with Crippen LogP contribution in [0.3, 0.4) is 0 Å². The first-order valence-electron chi connectivity index (χ1n) is 7.10. The molecule has 1 saturated heterocycles. The van der Waals surface area contributed by atoms with Gasteiger partial charge in [-0.1, -0.05) is 11.6 Å². The summed E-state index contributed by atoms with van der Waals surface area (Å²) in [6.07, 6.45) is 2.75. The van der Waals surface area contributed by atoms with Crippen LogP contribution in [0.25, 0.3) is 0 Å². The Kier molecular flexibility index (Phi) is 3.90. The summed E-state index contributed by atoms with van der Waals surface area (Å²) >= 11 is 6.16. The molecular formula is C14H19ClN2O3S. The van der Waals surface area contributed by atoms with Gasteiger partial charge in [-0.25, -0.2) is 8.42 Å². The number of anilines is 1. The molecule has 2 unspecified atom stereocenters. The van der Waals surface area contributed by atoms with E-state index < -0.39 is 10.0 Å². The predicted molar refractivity (Wildman–Crippen MR) is 81.9 cm³/mol. The molecule has 1 aliphatic carbocycles. The Bertz CT molecular complexity index is 662. The van der Waals surface area contributed by atoms with Gasteiger partial charge >= 0.3 is 0 Å². The second kappa shape index (κ2) is 5.43. The monoisotopic (exact) mass is 330 g/mol. The fourth-order valence-electron chi connectivity index (χ4n) is 3.18. The van der Waals surface area contributed by atoms with Crippen molar-refractivity contribution in [3.63, 3.8) is 0 Å². The predicted octanol–water partition coefficient (Wildman–Crippen LogP) is 2.17. The number of hydrogen-bond donors (Lipinski definition) is 1. The van der Waals surface area contributed by atoms with Gasteiger partial charge in [0, 0.05) is 12.2 Å². The van der Waals surface area contributed by atoms with Crippen LogP contribution in [0.5, 0.6) is 0 Å². The van der Waals surface area contributed by atoms with E-state index in [1.807, 2.05) is 0 Å². The maximum Gasteiger partial charge on any atom is 0.245 e. The van der Waals surface area contributed by atoms with Crippen LogP contribution in [-0.2, 0) is 14.8 Å². The van der Waals surface area contributed by atoms with Crippen molar-refractivity contribution in [3.05, 3.63) is 22.7 Å². The van der Waals surface area contributed by atoms with Crippen molar-refractivity contribution in [1.29, 1.82) is 0 Å². The third-order valence-electron chi connectivity index (χ3n) is 4.34. The van der Waals surface area contributed by atoms with Crippen molar-refractivity contribution >= 4 is 27.3 Å². The number of fused-ring (bicyclic) bond motifs is 1. The Balaban J connectivity index is 2.02. The lowest BCUT2D eigenvalue weighted by Gasteiger charge is -2.36. The Hall–Kier alpha value is -0.820. The van der Waals surface area contributed by atoms with Gasteiger partial charge in [-0.3, -0.25) is 0 Å². The van der Waals surface area contributed by atoms with Gasteiger partial charge in [-0.05, 0) is 43.9 Å². The lowest BCUT2D eigenvalue weighted by Crippen LogP contribution is -2.51. The molecule has 0 amide bonds. The minimum atomic E-state index is -3.64. The molecule has 3 rings (SSSR count). The van der Waals surface area contributed by atoms with Crippen molar-refractivity contribution in [1.82, 2.24) is 4.31 Å². The topological polar surface area (TPSA) is 72.6 Å². The number of morpholine rings is 1. The summed E-state index contributed by atoms with van der Waals surface area (Å²) in [5.74, 6) is 0. The lowest BCUT2D eigenvalue weighted by atomic mass is 10.2. The molecule has 116 valence electrons. The zero-order valence-electron chi connectivity index (χ0n) is 11.9. The average Bonchev–Trinajstić information content (AvgIpc) is 2.90. The fraction of sp³-hybridized carbons (Fsp3) is 0.571. The van der Waals surface area contributed by atoms with Gasteiger partial charge in [0.2, 0.25) is 10.0 Å². The van der Waals surface area contributed by atoms with Crippen LogP contribution in [0.15, 0.2) is 17.0 Å². The van der Waals surface area contributed by atoms with E-state index >= 15 is 0 Å². The van der Waals surface area contributed by atoms with E-state index in [0.29, 0.717) is 18.8 Å². The van der Waals surface area contributed by atoms with E-state index in [-0.39, 0.29) is 22.1 Å². The largest absolute Gasteiger partial charge is 0.398 e. The first kappa shape index (κ1) is 15.1. The number of hydrogen-bond acceptors (Lipinski definition) is 4. The van der Waals surface area contributed by atoms with E-state index in [4.69, 9.17) is 22.1 Å². The first-order valence-corrected chi connectivity index (χ1v) is 8.92. The summed E-state index contributed by atoms with van der Waals surface area (Å²) in [7, 11) is -3.64. The third kappa shape index (κ3) is 2.54. The molecule has 1 heterocycles. The SMILES string of the molecule is Cc1cc(Cl)c(S(=O)(=O)N2CCOC3CCCC32)cc1N. The summed E-state index contributed by atoms with van der Waals surface area (Å²) in [6.45, 7) is 2.60. The summed E-state index contributed by atoms with van der Waals surface area (Å²) in [5.41, 5.74) is 7.07. The molecule has 1 aliphatic heterocycles. The number of halogens is 1. The van der Waals surface area contributed by atoms with E-state index in [1.165, 1.54) is 6.07 Å². The van der Waals surface area contributed by atoms with Gasteiger partial charge in [0.05, 0.1) is 23.8 Å². The van der Waals surface area contributed by atoms with Crippen molar-refractivity contribution in [3.8, 4) is 0 Å². The second-order valence-corrected chi connectivity index (χ2v) is 7.93. The molecule has 0 radical (unpaired) electrons. The molecule has 2 N–H and O–H groups in total. The fourth-order valence-corrected chi connectivity index (χ4v) is 5.44. The number of ether oxygens (including phenoxy) is 1. The molecule has 1 saturated carbocycles. The molecule has 2 fully saturated rings. The summed E-state index contributed by atoms with van der Waals surface area (Å²) < 4.78 is 33.1. The van der Waals surface area contributed by atoms with E-state index in [1.54, 1.807) is 17.3 Å².